The smallest absolute Gasteiger partial charge is 0.312 e. The highest BCUT2D eigenvalue weighted by Crippen LogP contribution is 2.09. The van der Waals surface area contributed by atoms with Gasteiger partial charge in [-0.1, -0.05) is 58.8 Å². The second-order valence-electron chi connectivity index (χ2n) is 5.26. The van der Waals surface area contributed by atoms with Gasteiger partial charge in [-0.05, 0) is 12.8 Å². The average Bonchev–Trinajstić information content (AvgIpc) is 2.53. The summed E-state index contributed by atoms with van der Waals surface area (Å²) in [6.45, 7) is 5.58. The number of nitrogens with one attached hydrogen (secondary N) is 2. The van der Waals surface area contributed by atoms with E-state index in [2.05, 4.69) is 10.6 Å². The summed E-state index contributed by atoms with van der Waals surface area (Å²) >= 11 is 0. The fourth-order valence-electron chi connectivity index (χ4n) is 2.11. The number of carbonyl (C=O) groups is 2. The molecule has 6 heteroatoms. The van der Waals surface area contributed by atoms with Gasteiger partial charge in [0, 0.05) is 20.2 Å². The quantitative estimate of drug-likeness (QED) is 0.427. The van der Waals surface area contributed by atoms with Crippen molar-refractivity contribution in [3.05, 3.63) is 0 Å². The summed E-state index contributed by atoms with van der Waals surface area (Å²) in [5, 5.41) is 5.41. The van der Waals surface area contributed by atoms with Gasteiger partial charge in [0.15, 0.2) is 0 Å². The SMILES string of the molecule is CC.COCC(=O)NCCCCCCCCCCCNC(N)=O. The van der Waals surface area contributed by atoms with Crippen LogP contribution in [-0.4, -0.2) is 38.7 Å². The monoisotopic (exact) mass is 331 g/mol. The second-order valence-corrected chi connectivity index (χ2v) is 5.26. The van der Waals surface area contributed by atoms with E-state index in [0.717, 1.165) is 32.2 Å². The van der Waals surface area contributed by atoms with Gasteiger partial charge in [0.2, 0.25) is 5.91 Å². The van der Waals surface area contributed by atoms with Gasteiger partial charge in [0.1, 0.15) is 6.61 Å². The number of ether oxygens (including phenoxy) is 1. The van der Waals surface area contributed by atoms with Crippen LogP contribution in [0.25, 0.3) is 0 Å². The number of rotatable bonds is 14. The molecular formula is C17H37N3O3. The molecule has 4 N–H and O–H groups in total. The normalized spacial score (nSPS) is 9.70. The van der Waals surface area contributed by atoms with Crippen molar-refractivity contribution in [2.75, 3.05) is 26.8 Å². The molecule has 0 aliphatic heterocycles. The van der Waals surface area contributed by atoms with E-state index in [0.29, 0.717) is 6.54 Å². The molecular weight excluding hydrogens is 294 g/mol. The van der Waals surface area contributed by atoms with Crippen LogP contribution in [0.4, 0.5) is 4.79 Å². The molecule has 0 aliphatic rings. The van der Waals surface area contributed by atoms with Gasteiger partial charge in [-0.15, -0.1) is 0 Å². The Balaban J connectivity index is 0. The minimum atomic E-state index is -0.437. The number of unbranched alkanes of at least 4 members (excludes halogenated alkanes) is 8. The molecule has 23 heavy (non-hydrogen) atoms. The van der Waals surface area contributed by atoms with Gasteiger partial charge < -0.3 is 21.1 Å². The molecule has 0 aromatic heterocycles. The summed E-state index contributed by atoms with van der Waals surface area (Å²) in [5.74, 6) is -0.0386. The third-order valence-corrected chi connectivity index (χ3v) is 3.25. The molecule has 0 bridgehead atoms. The van der Waals surface area contributed by atoms with Crippen LogP contribution in [0.3, 0.4) is 0 Å². The highest BCUT2D eigenvalue weighted by molar-refractivity contribution is 5.77. The Kier molecular flexibility index (Phi) is 21.6. The number of nitrogens with two attached hydrogens (primary N) is 1. The third-order valence-electron chi connectivity index (χ3n) is 3.25. The number of urea groups is 1. The maximum Gasteiger partial charge on any atom is 0.312 e. The summed E-state index contributed by atoms with van der Waals surface area (Å²) in [4.78, 5) is 21.5. The van der Waals surface area contributed by atoms with Crippen LogP contribution in [0, 0.1) is 0 Å². The molecule has 0 aromatic rings. The van der Waals surface area contributed by atoms with Crippen molar-refractivity contribution < 1.29 is 14.3 Å². The predicted molar refractivity (Wildman–Crippen MR) is 95.4 cm³/mol. The van der Waals surface area contributed by atoms with Crippen molar-refractivity contribution in [2.24, 2.45) is 5.73 Å². The van der Waals surface area contributed by atoms with Gasteiger partial charge in [0.25, 0.3) is 0 Å². The van der Waals surface area contributed by atoms with Gasteiger partial charge in [-0.2, -0.15) is 0 Å². The van der Waals surface area contributed by atoms with Crippen molar-refractivity contribution in [2.45, 2.75) is 71.6 Å². The third kappa shape index (κ3) is 23.1. The summed E-state index contributed by atoms with van der Waals surface area (Å²) in [6.07, 6.45) is 10.6. The molecule has 6 nitrogen and oxygen atoms in total. The first-order chi connectivity index (χ1) is 11.2. The molecule has 0 rings (SSSR count). The lowest BCUT2D eigenvalue weighted by Crippen LogP contribution is -2.29. The molecule has 0 saturated carbocycles. The fraction of sp³-hybridized carbons (Fsp3) is 0.882. The number of hydrogen-bond acceptors (Lipinski definition) is 3. The molecule has 3 amide bonds. The standard InChI is InChI=1S/C15H31N3O3.C2H6/c1-21-13-14(19)17-11-9-7-5-3-2-4-6-8-10-12-18-15(16)20;1-2/h2-13H2,1H3,(H,17,19)(H3,16,18,20);1-2H3. The Morgan fingerprint density at radius 1 is 0.783 bits per heavy atom. The zero-order valence-corrected chi connectivity index (χ0v) is 15.3. The molecule has 0 fully saturated rings. The van der Waals surface area contributed by atoms with Gasteiger partial charge >= 0.3 is 6.03 Å². The number of methoxy groups -OCH3 is 1. The topological polar surface area (TPSA) is 93.4 Å². The van der Waals surface area contributed by atoms with E-state index in [1.54, 1.807) is 0 Å². The van der Waals surface area contributed by atoms with Gasteiger partial charge in [0.05, 0.1) is 0 Å². The molecule has 0 aliphatic carbocycles. The van der Waals surface area contributed by atoms with Crippen molar-refractivity contribution in [1.29, 1.82) is 0 Å². The van der Waals surface area contributed by atoms with Crippen molar-refractivity contribution in [3.63, 3.8) is 0 Å². The zero-order chi connectivity index (χ0) is 17.8. The van der Waals surface area contributed by atoms with Crippen LogP contribution in [0.1, 0.15) is 71.6 Å². The summed E-state index contributed by atoms with van der Waals surface area (Å²) in [7, 11) is 1.52. The van der Waals surface area contributed by atoms with E-state index in [4.69, 9.17) is 10.5 Å². The second kappa shape index (κ2) is 20.7. The summed E-state index contributed by atoms with van der Waals surface area (Å²) in [5.41, 5.74) is 4.98. The first kappa shape index (κ1) is 24.0. The molecule has 138 valence electrons. The highest BCUT2D eigenvalue weighted by Gasteiger charge is 1.98. The lowest BCUT2D eigenvalue weighted by atomic mass is 10.1. The van der Waals surface area contributed by atoms with Crippen LogP contribution < -0.4 is 16.4 Å². The molecule has 0 saturated heterocycles. The Morgan fingerprint density at radius 3 is 1.57 bits per heavy atom. The van der Waals surface area contributed by atoms with E-state index in [1.807, 2.05) is 13.8 Å². The van der Waals surface area contributed by atoms with Crippen LogP contribution in [-0.2, 0) is 9.53 Å². The number of primary amides is 1. The van der Waals surface area contributed by atoms with Crippen LogP contribution >= 0.6 is 0 Å². The Morgan fingerprint density at radius 2 is 1.17 bits per heavy atom. The van der Waals surface area contributed by atoms with E-state index in [-0.39, 0.29) is 12.5 Å². The van der Waals surface area contributed by atoms with Crippen molar-refractivity contribution >= 4 is 11.9 Å². The molecule has 0 aromatic carbocycles. The van der Waals surface area contributed by atoms with Crippen LogP contribution in [0.15, 0.2) is 0 Å². The minimum absolute atomic E-state index is 0.0386. The highest BCUT2D eigenvalue weighted by atomic mass is 16.5. The first-order valence-corrected chi connectivity index (χ1v) is 8.95. The Labute approximate surface area is 141 Å². The van der Waals surface area contributed by atoms with E-state index in [1.165, 1.54) is 39.2 Å². The lowest BCUT2D eigenvalue weighted by Gasteiger charge is -2.05. The Bertz CT molecular complexity index is 274. The zero-order valence-electron chi connectivity index (χ0n) is 15.3. The van der Waals surface area contributed by atoms with Crippen molar-refractivity contribution in [1.82, 2.24) is 10.6 Å². The van der Waals surface area contributed by atoms with E-state index < -0.39 is 6.03 Å². The number of amides is 3. The predicted octanol–water partition coefficient (Wildman–Crippen LogP) is 2.95. The fourth-order valence-corrected chi connectivity index (χ4v) is 2.11. The van der Waals surface area contributed by atoms with Crippen molar-refractivity contribution in [3.8, 4) is 0 Å². The number of carbonyl (C=O) groups excluding carboxylic acids is 2. The van der Waals surface area contributed by atoms with Gasteiger partial charge in [-0.25, -0.2) is 4.79 Å². The average molecular weight is 332 g/mol. The van der Waals surface area contributed by atoms with Crippen LogP contribution in [0.5, 0.6) is 0 Å². The minimum Gasteiger partial charge on any atom is -0.375 e. The van der Waals surface area contributed by atoms with E-state index >= 15 is 0 Å². The molecule has 0 atom stereocenters. The molecule has 0 unspecified atom stereocenters. The first-order valence-electron chi connectivity index (χ1n) is 8.95. The summed E-state index contributed by atoms with van der Waals surface area (Å²) < 4.78 is 4.73. The molecule has 0 radical (unpaired) electrons. The Hall–Kier alpha value is -1.30. The molecule has 0 heterocycles. The molecule has 0 spiro atoms. The number of hydrogen-bond donors (Lipinski definition) is 3. The summed E-state index contributed by atoms with van der Waals surface area (Å²) in [6, 6.07) is -0.437. The lowest BCUT2D eigenvalue weighted by molar-refractivity contribution is -0.124. The van der Waals surface area contributed by atoms with E-state index in [9.17, 15) is 9.59 Å². The maximum atomic E-state index is 11.1. The van der Waals surface area contributed by atoms with Gasteiger partial charge in [-0.3, -0.25) is 4.79 Å². The van der Waals surface area contributed by atoms with Crippen LogP contribution in [0.2, 0.25) is 0 Å². The largest absolute Gasteiger partial charge is 0.375 e. The maximum absolute atomic E-state index is 11.1.